The number of halogens is 1. The fraction of sp³-hybridized carbons (Fsp3) is 0.0857. The zero-order valence-corrected chi connectivity index (χ0v) is 23.2. The van der Waals surface area contributed by atoms with Crippen molar-refractivity contribution in [3.8, 4) is 23.3 Å². The average molecular weight is 573 g/mol. The van der Waals surface area contributed by atoms with Crippen LogP contribution >= 0.6 is 11.6 Å². The highest BCUT2D eigenvalue weighted by Gasteiger charge is 2.31. The summed E-state index contributed by atoms with van der Waals surface area (Å²) >= 11 is 5.99. The standard InChI is InChI=1S/C35H25ClN2O4/c36-26-13-11-22(12-14-26)21-40-27-9-4-8-25(17-27)34-30-16-15-28(19-32(30)42-35(38)31(34)20-37)41-33(39)18-24-7-3-6-23-5-1-2-10-29(23)24/h1-17,19,34H,18,21,38H2. The fourth-order valence-corrected chi connectivity index (χ4v) is 5.27. The second kappa shape index (κ2) is 11.7. The van der Waals surface area contributed by atoms with E-state index in [1.54, 1.807) is 18.2 Å². The zero-order valence-electron chi connectivity index (χ0n) is 22.4. The van der Waals surface area contributed by atoms with Gasteiger partial charge in [-0.2, -0.15) is 5.26 Å². The smallest absolute Gasteiger partial charge is 0.315 e. The predicted octanol–water partition coefficient (Wildman–Crippen LogP) is 7.44. The molecule has 206 valence electrons. The van der Waals surface area contributed by atoms with Gasteiger partial charge in [-0.25, -0.2) is 0 Å². The molecule has 0 aliphatic carbocycles. The number of esters is 1. The van der Waals surface area contributed by atoms with E-state index in [2.05, 4.69) is 6.07 Å². The van der Waals surface area contributed by atoms with E-state index in [0.29, 0.717) is 28.9 Å². The Kier molecular flexibility index (Phi) is 7.50. The summed E-state index contributed by atoms with van der Waals surface area (Å²) in [6.07, 6.45) is 0.116. The van der Waals surface area contributed by atoms with Gasteiger partial charge in [0.25, 0.3) is 0 Å². The summed E-state index contributed by atoms with van der Waals surface area (Å²) < 4.78 is 17.5. The number of allylic oxidation sites excluding steroid dienone is 1. The largest absolute Gasteiger partial charge is 0.489 e. The van der Waals surface area contributed by atoms with Gasteiger partial charge in [-0.15, -0.1) is 0 Å². The van der Waals surface area contributed by atoms with Crippen LogP contribution in [0.3, 0.4) is 0 Å². The molecular weight excluding hydrogens is 548 g/mol. The van der Waals surface area contributed by atoms with Gasteiger partial charge < -0.3 is 19.9 Å². The maximum atomic E-state index is 12.9. The van der Waals surface area contributed by atoms with E-state index in [4.69, 9.17) is 31.5 Å². The van der Waals surface area contributed by atoms with Crippen LogP contribution in [-0.2, 0) is 17.8 Å². The lowest BCUT2D eigenvalue weighted by Gasteiger charge is -2.27. The molecule has 7 heteroatoms. The number of ether oxygens (including phenoxy) is 3. The van der Waals surface area contributed by atoms with E-state index in [9.17, 15) is 10.1 Å². The number of benzene rings is 5. The third-order valence-corrected chi connectivity index (χ3v) is 7.40. The Morgan fingerprint density at radius 2 is 1.69 bits per heavy atom. The topological polar surface area (TPSA) is 94.6 Å². The average Bonchev–Trinajstić information content (AvgIpc) is 3.00. The molecule has 0 radical (unpaired) electrons. The van der Waals surface area contributed by atoms with Crippen LogP contribution in [0.15, 0.2) is 121 Å². The van der Waals surface area contributed by atoms with Gasteiger partial charge >= 0.3 is 5.97 Å². The van der Waals surface area contributed by atoms with Gasteiger partial charge in [-0.3, -0.25) is 4.79 Å². The zero-order chi connectivity index (χ0) is 29.1. The van der Waals surface area contributed by atoms with Crippen LogP contribution in [0.25, 0.3) is 10.8 Å². The van der Waals surface area contributed by atoms with Crippen LogP contribution in [0.5, 0.6) is 17.2 Å². The molecule has 42 heavy (non-hydrogen) atoms. The molecule has 0 amide bonds. The molecule has 5 aromatic rings. The predicted molar refractivity (Wildman–Crippen MR) is 161 cm³/mol. The van der Waals surface area contributed by atoms with Crippen LogP contribution in [0.2, 0.25) is 5.02 Å². The third kappa shape index (κ3) is 5.64. The first-order chi connectivity index (χ1) is 20.5. The SMILES string of the molecule is N#CC1=C(N)Oc2cc(OC(=O)Cc3cccc4ccccc34)ccc2C1c1cccc(OCc2ccc(Cl)cc2)c1. The van der Waals surface area contributed by atoms with Crippen LogP contribution in [0.1, 0.15) is 28.2 Å². The van der Waals surface area contributed by atoms with Gasteiger partial charge in [-0.05, 0) is 57.8 Å². The summed E-state index contributed by atoms with van der Waals surface area (Å²) in [5, 5.41) is 12.7. The number of nitrogens with two attached hydrogens (primary N) is 1. The van der Waals surface area contributed by atoms with E-state index >= 15 is 0 Å². The molecule has 0 bridgehead atoms. The maximum absolute atomic E-state index is 12.9. The number of fused-ring (bicyclic) bond motifs is 2. The van der Waals surface area contributed by atoms with Crippen molar-refractivity contribution in [2.24, 2.45) is 5.73 Å². The Labute approximate surface area is 248 Å². The Hall–Kier alpha value is -5.25. The number of nitrogens with zero attached hydrogens (tertiary/aromatic N) is 1. The van der Waals surface area contributed by atoms with Gasteiger partial charge in [0.05, 0.1) is 12.3 Å². The monoisotopic (exact) mass is 572 g/mol. The molecule has 2 N–H and O–H groups in total. The van der Waals surface area contributed by atoms with Gasteiger partial charge in [0.15, 0.2) is 0 Å². The number of nitriles is 1. The summed E-state index contributed by atoms with van der Waals surface area (Å²) in [4.78, 5) is 12.9. The molecule has 0 aromatic heterocycles. The molecule has 0 saturated heterocycles. The van der Waals surface area contributed by atoms with Gasteiger partial charge in [0.1, 0.15) is 35.5 Å². The van der Waals surface area contributed by atoms with Crippen molar-refractivity contribution < 1.29 is 19.0 Å². The summed E-state index contributed by atoms with van der Waals surface area (Å²) in [7, 11) is 0. The van der Waals surface area contributed by atoms with Crippen molar-refractivity contribution in [2.45, 2.75) is 18.9 Å². The van der Waals surface area contributed by atoms with Crippen molar-refractivity contribution in [3.63, 3.8) is 0 Å². The first kappa shape index (κ1) is 26.9. The van der Waals surface area contributed by atoms with Crippen LogP contribution in [-0.4, -0.2) is 5.97 Å². The van der Waals surface area contributed by atoms with Crippen LogP contribution in [0.4, 0.5) is 0 Å². The Bertz CT molecular complexity index is 1870. The molecule has 5 aromatic carbocycles. The first-order valence-electron chi connectivity index (χ1n) is 13.3. The number of hydrogen-bond acceptors (Lipinski definition) is 6. The molecule has 6 nitrogen and oxygen atoms in total. The van der Waals surface area contributed by atoms with Crippen molar-refractivity contribution >= 4 is 28.3 Å². The van der Waals surface area contributed by atoms with E-state index in [1.165, 1.54) is 0 Å². The first-order valence-corrected chi connectivity index (χ1v) is 13.7. The summed E-state index contributed by atoms with van der Waals surface area (Å²) in [5.41, 5.74) is 9.90. The number of carbonyl (C=O) groups excluding carboxylic acids is 1. The minimum atomic E-state index is -0.488. The van der Waals surface area contributed by atoms with Gasteiger partial charge in [0, 0.05) is 16.7 Å². The van der Waals surface area contributed by atoms with Crippen molar-refractivity contribution in [1.82, 2.24) is 0 Å². The molecule has 1 aliphatic heterocycles. The molecule has 0 spiro atoms. The van der Waals surface area contributed by atoms with E-state index in [-0.39, 0.29) is 17.9 Å². The Morgan fingerprint density at radius 1 is 0.905 bits per heavy atom. The number of carbonyl (C=O) groups is 1. The quantitative estimate of drug-likeness (QED) is 0.161. The minimum Gasteiger partial charge on any atom is -0.489 e. The lowest BCUT2D eigenvalue weighted by atomic mass is 9.83. The molecule has 0 fully saturated rings. The Morgan fingerprint density at radius 3 is 2.52 bits per heavy atom. The summed E-state index contributed by atoms with van der Waals surface area (Å²) in [6, 6.07) is 36.1. The Balaban J connectivity index is 1.23. The molecule has 0 saturated carbocycles. The maximum Gasteiger partial charge on any atom is 0.315 e. The lowest BCUT2D eigenvalue weighted by molar-refractivity contribution is -0.133. The second-order valence-electron chi connectivity index (χ2n) is 9.90. The molecule has 1 atom stereocenters. The number of hydrogen-bond donors (Lipinski definition) is 1. The highest BCUT2D eigenvalue weighted by Crippen LogP contribution is 2.44. The molecule has 1 heterocycles. The highest BCUT2D eigenvalue weighted by atomic mass is 35.5. The molecule has 1 aliphatic rings. The van der Waals surface area contributed by atoms with Crippen molar-refractivity contribution in [2.75, 3.05) is 0 Å². The molecule has 1 unspecified atom stereocenters. The van der Waals surface area contributed by atoms with Gasteiger partial charge in [-0.1, -0.05) is 84.4 Å². The van der Waals surface area contributed by atoms with E-state index < -0.39 is 11.9 Å². The molecule has 6 rings (SSSR count). The van der Waals surface area contributed by atoms with Crippen LogP contribution < -0.4 is 19.9 Å². The van der Waals surface area contributed by atoms with Crippen molar-refractivity contribution in [1.29, 1.82) is 5.26 Å². The van der Waals surface area contributed by atoms with Crippen LogP contribution in [0, 0.1) is 11.3 Å². The van der Waals surface area contributed by atoms with E-state index in [1.807, 2.05) is 91.0 Å². The summed E-state index contributed by atoms with van der Waals surface area (Å²) in [5.74, 6) is 0.501. The molecular formula is C35H25ClN2O4. The fourth-order valence-electron chi connectivity index (χ4n) is 5.14. The number of rotatable bonds is 7. The minimum absolute atomic E-state index is 0.00159. The van der Waals surface area contributed by atoms with Crippen molar-refractivity contribution in [3.05, 3.63) is 148 Å². The third-order valence-electron chi connectivity index (χ3n) is 7.15. The second-order valence-corrected chi connectivity index (χ2v) is 10.3. The highest BCUT2D eigenvalue weighted by molar-refractivity contribution is 6.30. The normalized spacial score (nSPS) is 14.0. The summed E-state index contributed by atoms with van der Waals surface area (Å²) in [6.45, 7) is 0.363. The lowest BCUT2D eigenvalue weighted by Crippen LogP contribution is -2.21. The van der Waals surface area contributed by atoms with E-state index in [0.717, 1.165) is 33.0 Å². The van der Waals surface area contributed by atoms with Gasteiger partial charge in [0.2, 0.25) is 5.88 Å².